The van der Waals surface area contributed by atoms with E-state index in [0.29, 0.717) is 89.0 Å². The van der Waals surface area contributed by atoms with Crippen molar-refractivity contribution in [2.45, 2.75) is 32.9 Å². The lowest BCUT2D eigenvalue weighted by atomic mass is 10.1. The molecule has 0 fully saturated rings. The van der Waals surface area contributed by atoms with Crippen LogP contribution < -0.4 is 24.2 Å². The predicted octanol–water partition coefficient (Wildman–Crippen LogP) is 6.24. The van der Waals surface area contributed by atoms with Gasteiger partial charge in [0.15, 0.2) is 0 Å². The third kappa shape index (κ3) is 11.4. The summed E-state index contributed by atoms with van der Waals surface area (Å²) in [5.41, 5.74) is 0.905. The van der Waals surface area contributed by atoms with Crippen LogP contribution in [0.25, 0.3) is 0 Å². The van der Waals surface area contributed by atoms with Gasteiger partial charge in [0, 0.05) is 65.1 Å². The second kappa shape index (κ2) is 20.3. The number of amides is 1. The van der Waals surface area contributed by atoms with Crippen LogP contribution in [0, 0.1) is 0 Å². The molecule has 19 nitrogen and oxygen atoms in total. The number of rotatable bonds is 13. The Bertz CT molecular complexity index is 2440. The van der Waals surface area contributed by atoms with Crippen molar-refractivity contribution in [2.24, 2.45) is 0 Å². The normalized spacial score (nSPS) is 12.2. The van der Waals surface area contributed by atoms with Gasteiger partial charge < -0.3 is 43.3 Å². The molecule has 326 valence electrons. The minimum Gasteiger partial charge on any atom is -0.466 e. The summed E-state index contributed by atoms with van der Waals surface area (Å²) in [6, 6.07) is 27.3. The number of fused-ring (bicyclic) bond motifs is 10. The van der Waals surface area contributed by atoms with E-state index in [2.05, 4.69) is 10.3 Å². The van der Waals surface area contributed by atoms with Crippen molar-refractivity contribution in [3.8, 4) is 23.3 Å². The van der Waals surface area contributed by atoms with Crippen molar-refractivity contribution in [1.82, 2.24) is 39.8 Å². The molecule has 0 spiro atoms. The molecule has 0 aliphatic carbocycles. The number of benzene rings is 1. The Morgan fingerprint density at radius 2 is 1.17 bits per heavy atom. The third-order valence-electron chi connectivity index (χ3n) is 9.63. The lowest BCUT2D eigenvalue weighted by molar-refractivity contribution is -0.154. The fourth-order valence-corrected chi connectivity index (χ4v) is 6.32. The van der Waals surface area contributed by atoms with E-state index in [0.717, 1.165) is 0 Å². The van der Waals surface area contributed by atoms with Crippen molar-refractivity contribution in [3.63, 3.8) is 0 Å². The summed E-state index contributed by atoms with van der Waals surface area (Å²) in [4.78, 5) is 63.7. The summed E-state index contributed by atoms with van der Waals surface area (Å²) in [7, 11) is 7.37. The quantitative estimate of drug-likeness (QED) is 0.0720. The number of carbonyl (C=O) groups excluding carboxylic acids is 3. The predicted molar refractivity (Wildman–Crippen MR) is 231 cm³/mol. The van der Waals surface area contributed by atoms with Gasteiger partial charge in [-0.1, -0.05) is 29.5 Å². The number of anilines is 6. The number of ether oxygens (including phenoxy) is 5. The summed E-state index contributed by atoms with van der Waals surface area (Å²) >= 11 is 0. The lowest BCUT2D eigenvalue weighted by Crippen LogP contribution is -2.28. The molecule has 1 amide bonds. The van der Waals surface area contributed by atoms with Crippen LogP contribution in [0.15, 0.2) is 97.2 Å². The molecule has 19 heteroatoms. The highest BCUT2D eigenvalue weighted by Gasteiger charge is 2.19. The Morgan fingerprint density at radius 1 is 0.667 bits per heavy atom. The van der Waals surface area contributed by atoms with Crippen LogP contribution in [0.3, 0.4) is 0 Å². The second-order valence-corrected chi connectivity index (χ2v) is 14.3. The molecule has 7 rings (SSSR count). The number of aromatic nitrogens is 7. The molecule has 1 aliphatic heterocycles. The molecule has 0 saturated heterocycles. The van der Waals surface area contributed by atoms with E-state index >= 15 is 0 Å². The fraction of sp³-hybridized carbons (Fsp3) is 0.295. The molecule has 0 saturated carbocycles. The third-order valence-corrected chi connectivity index (χ3v) is 9.63. The molecular weight excluding hydrogens is 811 g/mol. The highest BCUT2D eigenvalue weighted by atomic mass is 16.6. The number of carbonyl (C=O) groups is 3. The number of nitrogens with zero attached hydrogens (tertiary/aromatic N) is 11. The molecule has 1 aliphatic rings. The van der Waals surface area contributed by atoms with Gasteiger partial charge in [0.05, 0.1) is 26.0 Å². The number of pyridine rings is 4. The maximum atomic E-state index is 13.9. The molecule has 0 unspecified atom stereocenters. The highest BCUT2D eigenvalue weighted by Crippen LogP contribution is 2.33. The largest absolute Gasteiger partial charge is 0.466 e. The van der Waals surface area contributed by atoms with E-state index in [9.17, 15) is 14.4 Å². The van der Waals surface area contributed by atoms with Gasteiger partial charge in [-0.15, -0.1) is 5.10 Å². The van der Waals surface area contributed by atoms with E-state index < -0.39 is 18.4 Å². The molecule has 10 bridgehead atoms. The topological polar surface area (TPSA) is 193 Å². The van der Waals surface area contributed by atoms with E-state index in [1.165, 1.54) is 4.68 Å². The van der Waals surface area contributed by atoms with Crippen molar-refractivity contribution in [2.75, 3.05) is 69.3 Å². The van der Waals surface area contributed by atoms with Gasteiger partial charge >= 0.3 is 11.9 Å². The van der Waals surface area contributed by atoms with E-state index in [1.54, 1.807) is 55.4 Å². The molecule has 0 radical (unpaired) electrons. The first-order valence-corrected chi connectivity index (χ1v) is 20.2. The lowest BCUT2D eigenvalue weighted by Gasteiger charge is -2.23. The zero-order valence-electron chi connectivity index (χ0n) is 35.6. The smallest absolute Gasteiger partial charge is 0.317 e. The van der Waals surface area contributed by atoms with Crippen LogP contribution in [0.5, 0.6) is 23.3 Å². The van der Waals surface area contributed by atoms with Gasteiger partial charge in [0.1, 0.15) is 65.1 Å². The molecule has 0 atom stereocenters. The Morgan fingerprint density at radius 3 is 1.71 bits per heavy atom. The first-order valence-electron chi connectivity index (χ1n) is 20.2. The summed E-state index contributed by atoms with van der Waals surface area (Å²) in [6.07, 6.45) is 1.77. The maximum absolute atomic E-state index is 13.9. The van der Waals surface area contributed by atoms with Crippen LogP contribution >= 0.6 is 0 Å². The monoisotopic (exact) mass is 857 g/mol. The second-order valence-electron chi connectivity index (χ2n) is 14.3. The van der Waals surface area contributed by atoms with Gasteiger partial charge in [0.25, 0.3) is 5.91 Å². The molecule has 6 aromatic rings. The maximum Gasteiger partial charge on any atom is 0.317 e. The average molecular weight is 858 g/mol. The van der Waals surface area contributed by atoms with Gasteiger partial charge in [-0.3, -0.25) is 14.4 Å². The van der Waals surface area contributed by atoms with E-state index in [1.807, 2.05) is 96.5 Å². The fourth-order valence-electron chi connectivity index (χ4n) is 6.32. The van der Waals surface area contributed by atoms with Crippen molar-refractivity contribution < 1.29 is 38.1 Å². The van der Waals surface area contributed by atoms with Crippen LogP contribution in [0.2, 0.25) is 0 Å². The van der Waals surface area contributed by atoms with E-state index in [4.69, 9.17) is 43.6 Å². The summed E-state index contributed by atoms with van der Waals surface area (Å²) < 4.78 is 29.8. The van der Waals surface area contributed by atoms with Crippen molar-refractivity contribution >= 4 is 52.8 Å². The molecule has 5 aromatic heterocycles. The van der Waals surface area contributed by atoms with E-state index in [-0.39, 0.29) is 32.3 Å². The summed E-state index contributed by atoms with van der Waals surface area (Å²) in [5.74, 6) is 3.49. The SMILES string of the molecule is CCOC(=O)CC(=O)OCCn1cc(COCCCN(C)C(=O)c2cc3cc(c2)Oc2cccc(n2)N(C)c2cccc(n2)N(C)c2cccc(n2)N(C)c2cccc(n2)O3)nn1. The van der Waals surface area contributed by atoms with Gasteiger partial charge in [0.2, 0.25) is 11.8 Å². The zero-order chi connectivity index (χ0) is 44.3. The Kier molecular flexibility index (Phi) is 14.0. The summed E-state index contributed by atoms with van der Waals surface area (Å²) in [5, 5.41) is 8.11. The van der Waals surface area contributed by atoms with Gasteiger partial charge in [-0.2, -0.15) is 9.97 Å². The molecule has 63 heavy (non-hydrogen) atoms. The minimum absolute atomic E-state index is 0.0210. The average Bonchev–Trinajstić information content (AvgIpc) is 3.75. The first-order chi connectivity index (χ1) is 30.5. The number of esters is 2. The zero-order valence-corrected chi connectivity index (χ0v) is 35.6. The molecule has 6 heterocycles. The van der Waals surface area contributed by atoms with Gasteiger partial charge in [-0.05, 0) is 61.9 Å². The Balaban J connectivity index is 1.04. The minimum atomic E-state index is -0.673. The molecule has 0 N–H and O–H groups in total. The van der Waals surface area contributed by atoms with Crippen molar-refractivity contribution in [1.29, 1.82) is 0 Å². The number of hydrogen-bond acceptors (Lipinski definition) is 17. The standard InChI is InChI=1S/C44H47N11O8/c1-6-60-42(56)27-43(57)61-23-21-55-28-31(49-50-55)29-59-22-11-20-51(2)44(58)30-24-32-26-33(25-30)63-41-19-10-17-39(48-41)54(5)37-15-8-13-35(46-37)52(3)34-12-7-14-36(45-34)53(4)38-16-9-18-40(47-38)62-32/h7-10,12-19,24-26,28H,6,11,20-23,27,29H2,1-5H3. The van der Waals surface area contributed by atoms with Crippen LogP contribution in [0.4, 0.5) is 34.9 Å². The Hall–Kier alpha value is -7.67. The highest BCUT2D eigenvalue weighted by molar-refractivity contribution is 5.95. The van der Waals surface area contributed by atoms with Gasteiger partial charge in [-0.25, -0.2) is 14.6 Å². The molecular formula is C44H47N11O8. The first kappa shape index (κ1) is 43.4. The molecule has 1 aromatic carbocycles. The van der Waals surface area contributed by atoms with Crippen molar-refractivity contribution in [3.05, 3.63) is 108 Å². The summed E-state index contributed by atoms with van der Waals surface area (Å²) in [6.45, 7) is 3.05. The number of hydrogen-bond donors (Lipinski definition) is 0. The van der Waals surface area contributed by atoms with Crippen LogP contribution in [0.1, 0.15) is 35.8 Å². The van der Waals surface area contributed by atoms with Crippen LogP contribution in [-0.2, 0) is 37.0 Å². The van der Waals surface area contributed by atoms with Crippen LogP contribution in [-0.4, -0.2) is 112 Å². The Labute approximate surface area is 363 Å².